The molecule has 1 amide bonds. The highest BCUT2D eigenvalue weighted by molar-refractivity contribution is 5.94. The third kappa shape index (κ3) is 3.77. The molecule has 4 rings (SSSR count). The van der Waals surface area contributed by atoms with Gasteiger partial charge < -0.3 is 14.1 Å². The van der Waals surface area contributed by atoms with E-state index < -0.39 is 4.92 Å². The molecule has 1 saturated heterocycles. The van der Waals surface area contributed by atoms with Gasteiger partial charge in [0, 0.05) is 31.3 Å². The minimum Gasteiger partial charge on any atom is -0.463 e. The molecule has 0 N–H and O–H groups in total. The molecule has 2 unspecified atom stereocenters. The van der Waals surface area contributed by atoms with Crippen LogP contribution in [-0.2, 0) is 4.74 Å². The maximum absolute atomic E-state index is 13.3. The number of hydrogen-bond acceptors (Lipinski definition) is 6. The van der Waals surface area contributed by atoms with Gasteiger partial charge in [-0.25, -0.2) is 4.68 Å². The third-order valence-electron chi connectivity index (χ3n) is 4.71. The fourth-order valence-corrected chi connectivity index (χ4v) is 3.50. The van der Waals surface area contributed by atoms with E-state index in [4.69, 9.17) is 9.15 Å². The molecule has 3 aromatic rings. The molecule has 9 nitrogen and oxygen atoms in total. The van der Waals surface area contributed by atoms with Crippen LogP contribution in [0.5, 0.6) is 0 Å². The Bertz CT molecular complexity index is 1020. The third-order valence-corrected chi connectivity index (χ3v) is 4.71. The fraction of sp³-hybridized carbons (Fsp3) is 0.300. The first-order valence-electron chi connectivity index (χ1n) is 9.26. The van der Waals surface area contributed by atoms with Crippen LogP contribution in [0.2, 0.25) is 0 Å². The zero-order valence-corrected chi connectivity index (χ0v) is 16.0. The summed E-state index contributed by atoms with van der Waals surface area (Å²) >= 11 is 0. The Kier molecular flexibility index (Phi) is 4.89. The molecule has 2 atom stereocenters. The van der Waals surface area contributed by atoms with Gasteiger partial charge in [0.05, 0.1) is 29.1 Å². The molecule has 0 saturated carbocycles. The van der Waals surface area contributed by atoms with Crippen molar-refractivity contribution in [3.8, 4) is 17.1 Å². The van der Waals surface area contributed by atoms with Crippen molar-refractivity contribution in [3.63, 3.8) is 0 Å². The Balaban J connectivity index is 1.75. The lowest BCUT2D eigenvalue weighted by Crippen LogP contribution is -2.48. The number of morpholine rings is 1. The average Bonchev–Trinajstić information content (AvgIpc) is 3.36. The molecule has 3 heterocycles. The summed E-state index contributed by atoms with van der Waals surface area (Å²) in [6.07, 6.45) is 1.40. The molecule has 0 bridgehead atoms. The van der Waals surface area contributed by atoms with Gasteiger partial charge in [-0.3, -0.25) is 14.9 Å². The smallest absolute Gasteiger partial charge is 0.272 e. The lowest BCUT2D eigenvalue weighted by molar-refractivity contribution is -0.384. The zero-order valence-electron chi connectivity index (χ0n) is 16.0. The van der Waals surface area contributed by atoms with Crippen LogP contribution in [-0.4, -0.2) is 50.8 Å². The molecule has 2 aromatic heterocycles. The Morgan fingerprint density at radius 1 is 1.17 bits per heavy atom. The fourth-order valence-electron chi connectivity index (χ4n) is 3.50. The van der Waals surface area contributed by atoms with Crippen molar-refractivity contribution >= 4 is 11.6 Å². The molecular formula is C20H20N4O5. The lowest BCUT2D eigenvalue weighted by atomic mass is 10.2. The number of amides is 1. The first-order chi connectivity index (χ1) is 13.9. The Morgan fingerprint density at radius 3 is 2.45 bits per heavy atom. The molecular weight excluding hydrogens is 376 g/mol. The standard InChI is InChI=1S/C20H20N4O5/c1-13-11-22(12-14(2)29-13)20(25)18-10-17(19-4-3-9-28-19)21-23(18)15-5-7-16(8-6-15)24(26)27/h3-10,13-14H,11-12H2,1-2H3. The van der Waals surface area contributed by atoms with Gasteiger partial charge >= 0.3 is 0 Å². The molecule has 1 fully saturated rings. The maximum Gasteiger partial charge on any atom is 0.272 e. The van der Waals surface area contributed by atoms with Gasteiger partial charge in [0.2, 0.25) is 0 Å². The zero-order chi connectivity index (χ0) is 20.5. The summed E-state index contributed by atoms with van der Waals surface area (Å²) in [6, 6.07) is 11.1. The lowest BCUT2D eigenvalue weighted by Gasteiger charge is -2.35. The number of non-ortho nitro benzene ring substituents is 1. The van der Waals surface area contributed by atoms with Gasteiger partial charge in [-0.2, -0.15) is 5.10 Å². The quantitative estimate of drug-likeness (QED) is 0.495. The summed E-state index contributed by atoms with van der Waals surface area (Å²) in [4.78, 5) is 25.5. The number of nitrogens with zero attached hydrogens (tertiary/aromatic N) is 4. The molecule has 0 aliphatic carbocycles. The summed E-state index contributed by atoms with van der Waals surface area (Å²) in [6.45, 7) is 4.81. The number of benzene rings is 1. The molecule has 1 aromatic carbocycles. The summed E-state index contributed by atoms with van der Waals surface area (Å²) in [5.41, 5.74) is 1.37. The van der Waals surface area contributed by atoms with Crippen molar-refractivity contribution in [1.29, 1.82) is 0 Å². The summed E-state index contributed by atoms with van der Waals surface area (Å²) in [5, 5.41) is 15.5. The predicted octanol–water partition coefficient (Wildman–Crippen LogP) is 3.29. The van der Waals surface area contributed by atoms with E-state index in [0.717, 1.165) is 0 Å². The van der Waals surface area contributed by atoms with Crippen molar-refractivity contribution in [1.82, 2.24) is 14.7 Å². The van der Waals surface area contributed by atoms with E-state index in [2.05, 4.69) is 5.10 Å². The van der Waals surface area contributed by atoms with Gasteiger partial charge in [0.25, 0.3) is 11.6 Å². The van der Waals surface area contributed by atoms with Gasteiger partial charge in [0.1, 0.15) is 11.4 Å². The normalized spacial score (nSPS) is 19.3. The first kappa shape index (κ1) is 18.9. The minimum atomic E-state index is -0.469. The number of hydrogen-bond donors (Lipinski definition) is 0. The maximum atomic E-state index is 13.3. The Labute approximate surface area is 166 Å². The second-order valence-electron chi connectivity index (χ2n) is 7.04. The van der Waals surface area contributed by atoms with Crippen LogP contribution in [0, 0.1) is 10.1 Å². The van der Waals surface area contributed by atoms with Gasteiger partial charge in [-0.1, -0.05) is 0 Å². The molecule has 1 aliphatic heterocycles. The summed E-state index contributed by atoms with van der Waals surface area (Å²) in [7, 11) is 0. The highest BCUT2D eigenvalue weighted by atomic mass is 16.6. The van der Waals surface area contributed by atoms with Crippen LogP contribution >= 0.6 is 0 Å². The monoisotopic (exact) mass is 396 g/mol. The second-order valence-corrected chi connectivity index (χ2v) is 7.04. The Hall–Kier alpha value is -3.46. The highest BCUT2D eigenvalue weighted by Crippen LogP contribution is 2.25. The van der Waals surface area contributed by atoms with E-state index in [9.17, 15) is 14.9 Å². The van der Waals surface area contributed by atoms with Crippen molar-refractivity contribution in [2.24, 2.45) is 0 Å². The number of nitro groups is 1. The van der Waals surface area contributed by atoms with E-state index in [0.29, 0.717) is 35.9 Å². The van der Waals surface area contributed by atoms with Crippen molar-refractivity contribution in [2.75, 3.05) is 13.1 Å². The van der Waals surface area contributed by atoms with Crippen LogP contribution in [0.25, 0.3) is 17.1 Å². The van der Waals surface area contributed by atoms with E-state index in [-0.39, 0.29) is 23.8 Å². The number of aromatic nitrogens is 2. The van der Waals surface area contributed by atoms with Crippen molar-refractivity contribution in [2.45, 2.75) is 26.1 Å². The molecule has 1 aliphatic rings. The van der Waals surface area contributed by atoms with E-state index in [1.807, 2.05) is 13.8 Å². The SMILES string of the molecule is CC1CN(C(=O)c2cc(-c3ccco3)nn2-c2ccc([N+](=O)[O-])cc2)CC(C)O1. The number of carbonyl (C=O) groups excluding carboxylic acids is 1. The summed E-state index contributed by atoms with van der Waals surface area (Å²) < 4.78 is 12.6. The van der Waals surface area contributed by atoms with Gasteiger partial charge in [-0.05, 0) is 38.1 Å². The van der Waals surface area contributed by atoms with Gasteiger partial charge in [0.15, 0.2) is 5.76 Å². The molecule has 29 heavy (non-hydrogen) atoms. The Morgan fingerprint density at radius 2 is 1.86 bits per heavy atom. The van der Waals surface area contributed by atoms with E-state index in [1.54, 1.807) is 35.2 Å². The van der Waals surface area contributed by atoms with Gasteiger partial charge in [-0.15, -0.1) is 0 Å². The van der Waals surface area contributed by atoms with Crippen LogP contribution in [0.4, 0.5) is 5.69 Å². The molecule has 0 spiro atoms. The molecule has 9 heteroatoms. The van der Waals surface area contributed by atoms with E-state index in [1.165, 1.54) is 23.1 Å². The second kappa shape index (κ2) is 7.51. The van der Waals surface area contributed by atoms with Crippen LogP contribution < -0.4 is 0 Å². The van der Waals surface area contributed by atoms with Crippen LogP contribution in [0.1, 0.15) is 24.3 Å². The topological polar surface area (TPSA) is 104 Å². The first-order valence-corrected chi connectivity index (χ1v) is 9.26. The number of carbonyl (C=O) groups is 1. The van der Waals surface area contributed by atoms with E-state index >= 15 is 0 Å². The van der Waals surface area contributed by atoms with Crippen LogP contribution in [0.3, 0.4) is 0 Å². The number of nitro benzene ring substituents is 1. The van der Waals surface area contributed by atoms with Crippen molar-refractivity contribution in [3.05, 3.63) is 64.5 Å². The highest BCUT2D eigenvalue weighted by Gasteiger charge is 2.29. The molecule has 150 valence electrons. The largest absolute Gasteiger partial charge is 0.463 e. The number of furan rings is 1. The average molecular weight is 396 g/mol. The predicted molar refractivity (Wildman–Crippen MR) is 104 cm³/mol. The molecule has 0 radical (unpaired) electrons. The van der Waals surface area contributed by atoms with Crippen molar-refractivity contribution < 1.29 is 18.9 Å². The number of rotatable bonds is 4. The van der Waals surface area contributed by atoms with Crippen LogP contribution in [0.15, 0.2) is 53.1 Å². The summed E-state index contributed by atoms with van der Waals surface area (Å²) in [5.74, 6) is 0.346. The number of ether oxygens (including phenoxy) is 1. The minimum absolute atomic E-state index is 0.0316.